The van der Waals surface area contributed by atoms with Crippen LogP contribution >= 0.6 is 0 Å². The van der Waals surface area contributed by atoms with Gasteiger partial charge in [0.1, 0.15) is 17.1 Å². The van der Waals surface area contributed by atoms with Crippen LogP contribution in [0.25, 0.3) is 0 Å². The lowest BCUT2D eigenvalue weighted by molar-refractivity contribution is 0.0546. The molecule has 0 radical (unpaired) electrons. The van der Waals surface area contributed by atoms with Gasteiger partial charge in [-0.15, -0.1) is 0 Å². The number of aromatic hydroxyl groups is 1. The van der Waals surface area contributed by atoms with Gasteiger partial charge < -0.3 is 19.9 Å². The summed E-state index contributed by atoms with van der Waals surface area (Å²) >= 11 is 0. The van der Waals surface area contributed by atoms with Crippen molar-refractivity contribution in [1.82, 2.24) is 10.2 Å². The maximum atomic E-state index is 12.7. The number of rotatable bonds is 4. The minimum Gasteiger partial charge on any atom is -0.507 e. The predicted molar refractivity (Wildman–Crippen MR) is 97.5 cm³/mol. The first kappa shape index (κ1) is 18.0. The zero-order chi connectivity index (χ0) is 19.8. The molecule has 144 valence electrons. The standard InChI is InChI=1S/C20H18N2O6/c1-27-16-8-4-7-15(23)17(16)18(24)21-13-9-28-10-14(13)22-19(25)11-5-2-3-6-12(11)20(22)26/h2-8,13-14,23H,9-10H2,1H3,(H,21,24). The van der Waals surface area contributed by atoms with Gasteiger partial charge >= 0.3 is 0 Å². The van der Waals surface area contributed by atoms with Gasteiger partial charge in [0, 0.05) is 0 Å². The van der Waals surface area contributed by atoms with Crippen LogP contribution in [-0.4, -0.2) is 60.1 Å². The average Bonchev–Trinajstić information content (AvgIpc) is 3.24. The molecule has 2 aromatic rings. The highest BCUT2D eigenvalue weighted by Gasteiger charge is 2.45. The summed E-state index contributed by atoms with van der Waals surface area (Å²) in [6.07, 6.45) is 0. The molecule has 1 saturated heterocycles. The topological polar surface area (TPSA) is 105 Å². The summed E-state index contributed by atoms with van der Waals surface area (Å²) in [5.41, 5.74) is 0.664. The Morgan fingerprint density at radius 2 is 1.79 bits per heavy atom. The second-order valence-corrected chi connectivity index (χ2v) is 6.57. The van der Waals surface area contributed by atoms with E-state index in [-0.39, 0.29) is 30.3 Å². The van der Waals surface area contributed by atoms with Crippen LogP contribution < -0.4 is 10.1 Å². The highest BCUT2D eigenvalue weighted by Crippen LogP contribution is 2.30. The number of phenolic OH excluding ortho intramolecular Hbond substituents is 1. The van der Waals surface area contributed by atoms with Crippen LogP contribution in [-0.2, 0) is 4.74 Å². The Bertz CT molecular complexity index is 938. The molecule has 8 nitrogen and oxygen atoms in total. The number of hydrogen-bond acceptors (Lipinski definition) is 6. The van der Waals surface area contributed by atoms with E-state index >= 15 is 0 Å². The molecule has 0 saturated carbocycles. The van der Waals surface area contributed by atoms with Crippen molar-refractivity contribution < 1.29 is 29.0 Å². The third kappa shape index (κ3) is 2.78. The Balaban J connectivity index is 1.58. The van der Waals surface area contributed by atoms with E-state index in [4.69, 9.17) is 9.47 Å². The van der Waals surface area contributed by atoms with Crippen LogP contribution in [0.3, 0.4) is 0 Å². The van der Waals surface area contributed by atoms with E-state index in [0.717, 1.165) is 4.90 Å². The summed E-state index contributed by atoms with van der Waals surface area (Å²) in [7, 11) is 1.39. The molecule has 2 aliphatic heterocycles. The molecule has 0 aromatic heterocycles. The molecule has 2 atom stereocenters. The maximum Gasteiger partial charge on any atom is 0.261 e. The number of methoxy groups -OCH3 is 1. The second kappa shape index (κ2) is 6.97. The molecule has 1 fully saturated rings. The van der Waals surface area contributed by atoms with Crippen LogP contribution in [0.1, 0.15) is 31.1 Å². The van der Waals surface area contributed by atoms with Crippen molar-refractivity contribution in [3.05, 3.63) is 59.2 Å². The third-order valence-electron chi connectivity index (χ3n) is 4.98. The molecule has 4 rings (SSSR count). The third-order valence-corrected chi connectivity index (χ3v) is 4.98. The van der Waals surface area contributed by atoms with Crippen molar-refractivity contribution in [2.45, 2.75) is 12.1 Å². The number of benzene rings is 2. The lowest BCUT2D eigenvalue weighted by Gasteiger charge is -2.27. The number of fused-ring (bicyclic) bond motifs is 1. The molecule has 3 amide bonds. The van der Waals surface area contributed by atoms with Gasteiger partial charge in [0.25, 0.3) is 17.7 Å². The largest absolute Gasteiger partial charge is 0.507 e. The molecule has 2 aromatic carbocycles. The Morgan fingerprint density at radius 1 is 1.11 bits per heavy atom. The zero-order valence-corrected chi connectivity index (χ0v) is 15.0. The number of phenols is 1. The van der Waals surface area contributed by atoms with Gasteiger partial charge in [-0.1, -0.05) is 18.2 Å². The van der Waals surface area contributed by atoms with E-state index in [2.05, 4.69) is 5.32 Å². The van der Waals surface area contributed by atoms with Crippen LogP contribution in [0.15, 0.2) is 42.5 Å². The van der Waals surface area contributed by atoms with Crippen LogP contribution in [0.2, 0.25) is 0 Å². The quantitative estimate of drug-likeness (QED) is 0.770. The molecule has 0 bridgehead atoms. The Morgan fingerprint density at radius 3 is 2.43 bits per heavy atom. The molecule has 0 aliphatic carbocycles. The van der Waals surface area contributed by atoms with Crippen molar-refractivity contribution in [1.29, 1.82) is 0 Å². The van der Waals surface area contributed by atoms with E-state index in [1.54, 1.807) is 36.4 Å². The Labute approximate surface area is 160 Å². The number of amides is 3. The lowest BCUT2D eigenvalue weighted by Crippen LogP contribution is -2.53. The maximum absolute atomic E-state index is 12.7. The van der Waals surface area contributed by atoms with Gasteiger partial charge in [-0.25, -0.2) is 0 Å². The van der Waals surface area contributed by atoms with E-state index in [1.165, 1.54) is 13.2 Å². The van der Waals surface area contributed by atoms with Gasteiger partial charge in [-0.2, -0.15) is 0 Å². The van der Waals surface area contributed by atoms with E-state index in [0.29, 0.717) is 11.1 Å². The van der Waals surface area contributed by atoms with Crippen molar-refractivity contribution in [2.24, 2.45) is 0 Å². The van der Waals surface area contributed by atoms with Crippen LogP contribution in [0, 0.1) is 0 Å². The molecule has 2 aliphatic rings. The van der Waals surface area contributed by atoms with Crippen molar-refractivity contribution in [2.75, 3.05) is 20.3 Å². The van der Waals surface area contributed by atoms with Crippen LogP contribution in [0.4, 0.5) is 0 Å². The molecule has 8 heteroatoms. The highest BCUT2D eigenvalue weighted by atomic mass is 16.5. The van der Waals surface area contributed by atoms with Gasteiger partial charge in [-0.3, -0.25) is 19.3 Å². The smallest absolute Gasteiger partial charge is 0.261 e. The molecular formula is C20H18N2O6. The number of nitrogens with one attached hydrogen (secondary N) is 1. The first-order valence-corrected chi connectivity index (χ1v) is 8.74. The van der Waals surface area contributed by atoms with Crippen molar-refractivity contribution in [3.63, 3.8) is 0 Å². The van der Waals surface area contributed by atoms with Gasteiger partial charge in [0.15, 0.2) is 0 Å². The number of carbonyl (C=O) groups excluding carboxylic acids is 3. The Kier molecular flexibility index (Phi) is 4.48. The van der Waals surface area contributed by atoms with Gasteiger partial charge in [0.05, 0.1) is 43.5 Å². The lowest BCUT2D eigenvalue weighted by atomic mass is 10.1. The molecule has 2 unspecified atom stereocenters. The van der Waals surface area contributed by atoms with E-state index < -0.39 is 29.8 Å². The number of nitrogens with zero attached hydrogens (tertiary/aromatic N) is 1. The van der Waals surface area contributed by atoms with E-state index in [9.17, 15) is 19.5 Å². The molecule has 2 heterocycles. The minimum absolute atomic E-state index is 0.0157. The summed E-state index contributed by atoms with van der Waals surface area (Å²) in [5, 5.41) is 12.8. The predicted octanol–water partition coefficient (Wildman–Crippen LogP) is 1.19. The average molecular weight is 382 g/mol. The SMILES string of the molecule is COc1cccc(O)c1C(=O)NC1COCC1N1C(=O)c2ccccc2C1=O. The van der Waals surface area contributed by atoms with Crippen LogP contribution in [0.5, 0.6) is 11.5 Å². The summed E-state index contributed by atoms with van der Waals surface area (Å²) in [4.78, 5) is 39.3. The van der Waals surface area contributed by atoms with E-state index in [1.807, 2.05) is 0 Å². The summed E-state index contributed by atoms with van der Waals surface area (Å²) in [5.74, 6) is -1.40. The number of hydrogen-bond donors (Lipinski definition) is 2. The van der Waals surface area contributed by atoms with Gasteiger partial charge in [-0.05, 0) is 24.3 Å². The first-order valence-electron chi connectivity index (χ1n) is 8.74. The molecular weight excluding hydrogens is 364 g/mol. The monoisotopic (exact) mass is 382 g/mol. The highest BCUT2D eigenvalue weighted by molar-refractivity contribution is 6.21. The fourth-order valence-corrected chi connectivity index (χ4v) is 3.60. The zero-order valence-electron chi connectivity index (χ0n) is 15.0. The van der Waals surface area contributed by atoms with Crippen molar-refractivity contribution in [3.8, 4) is 11.5 Å². The van der Waals surface area contributed by atoms with Crippen molar-refractivity contribution >= 4 is 17.7 Å². The normalized spacial score (nSPS) is 21.0. The first-order chi connectivity index (χ1) is 13.5. The summed E-state index contributed by atoms with van der Waals surface area (Å²) < 4.78 is 10.6. The second-order valence-electron chi connectivity index (χ2n) is 6.57. The number of imide groups is 1. The molecule has 2 N–H and O–H groups in total. The van der Waals surface area contributed by atoms with Gasteiger partial charge in [0.2, 0.25) is 0 Å². The minimum atomic E-state index is -0.645. The number of ether oxygens (including phenoxy) is 2. The molecule has 0 spiro atoms. The fraction of sp³-hybridized carbons (Fsp3) is 0.250. The fourth-order valence-electron chi connectivity index (χ4n) is 3.60. The summed E-state index contributed by atoms with van der Waals surface area (Å²) in [6, 6.07) is 9.84. The molecule has 28 heavy (non-hydrogen) atoms. The summed E-state index contributed by atoms with van der Waals surface area (Å²) in [6.45, 7) is 0.258. The Hall–Kier alpha value is -3.39. The number of carbonyl (C=O) groups is 3.